The largest absolute Gasteiger partial charge is 0.465 e. The summed E-state index contributed by atoms with van der Waals surface area (Å²) in [6.45, 7) is 10.00. The number of esters is 2. The number of carbonyl (C=O) groups is 3. The highest BCUT2D eigenvalue weighted by molar-refractivity contribution is 7.99. The third kappa shape index (κ3) is 5.08. The minimum absolute atomic E-state index is 0.0159. The first-order valence-corrected chi connectivity index (χ1v) is 12.7. The van der Waals surface area contributed by atoms with Gasteiger partial charge in [0.1, 0.15) is 9.88 Å². The van der Waals surface area contributed by atoms with Crippen LogP contribution in [0.25, 0.3) is 11.4 Å². The van der Waals surface area contributed by atoms with E-state index in [0.29, 0.717) is 23.1 Å². The van der Waals surface area contributed by atoms with Gasteiger partial charge in [0.15, 0.2) is 11.0 Å². The van der Waals surface area contributed by atoms with Crippen LogP contribution in [0.3, 0.4) is 0 Å². The molecule has 0 aliphatic heterocycles. The lowest BCUT2D eigenvalue weighted by molar-refractivity contribution is -0.113. The Balaban J connectivity index is 1.81. The van der Waals surface area contributed by atoms with Gasteiger partial charge in [-0.1, -0.05) is 17.8 Å². The maximum absolute atomic E-state index is 12.7. The van der Waals surface area contributed by atoms with Crippen LogP contribution in [0.1, 0.15) is 36.0 Å². The van der Waals surface area contributed by atoms with Gasteiger partial charge in [0.25, 0.3) is 0 Å². The molecule has 1 amide bonds. The van der Waals surface area contributed by atoms with Crippen molar-refractivity contribution >= 4 is 57.3 Å². The fourth-order valence-electron chi connectivity index (χ4n) is 3.15. The molecule has 1 N–H and O–H groups in total. The first-order chi connectivity index (χ1) is 16.2. The molecule has 180 valence electrons. The van der Waals surface area contributed by atoms with Crippen LogP contribution in [-0.4, -0.2) is 52.6 Å². The van der Waals surface area contributed by atoms with Gasteiger partial charge in [-0.2, -0.15) is 0 Å². The van der Waals surface area contributed by atoms with Crippen LogP contribution in [0.5, 0.6) is 0 Å². The molecule has 34 heavy (non-hydrogen) atoms. The zero-order valence-corrected chi connectivity index (χ0v) is 21.8. The molecule has 12 heteroatoms. The minimum Gasteiger partial charge on any atom is -0.465 e. The monoisotopic (exact) mass is 520 g/mol. The molecule has 0 unspecified atom stereocenters. The summed E-state index contributed by atoms with van der Waals surface area (Å²) in [4.78, 5) is 38.5. The molecule has 0 spiro atoms. The normalized spacial score (nSPS) is 10.7. The van der Waals surface area contributed by atoms with Crippen molar-refractivity contribution in [2.45, 2.75) is 32.5 Å². The van der Waals surface area contributed by atoms with Crippen LogP contribution in [0.4, 0.5) is 5.00 Å². The van der Waals surface area contributed by atoms with Crippen LogP contribution in [-0.2, 0) is 20.8 Å². The van der Waals surface area contributed by atoms with Crippen molar-refractivity contribution in [3.8, 4) is 11.4 Å². The number of methoxy groups -OCH3 is 2. The topological polar surface area (TPSA) is 112 Å². The van der Waals surface area contributed by atoms with Gasteiger partial charge in [-0.3, -0.25) is 9.36 Å². The summed E-state index contributed by atoms with van der Waals surface area (Å²) >= 11 is 3.83. The van der Waals surface area contributed by atoms with Crippen molar-refractivity contribution in [3.63, 3.8) is 0 Å². The van der Waals surface area contributed by atoms with Crippen LogP contribution in [0.15, 0.2) is 23.2 Å². The van der Waals surface area contributed by atoms with Crippen molar-refractivity contribution in [2.75, 3.05) is 25.3 Å². The number of anilines is 1. The second-order valence-corrected chi connectivity index (χ2v) is 10.2. The van der Waals surface area contributed by atoms with Gasteiger partial charge in [0.2, 0.25) is 5.91 Å². The molecular weight excluding hydrogens is 496 g/mol. The number of rotatable bonds is 9. The fraction of sp³-hybridized carbons (Fsp3) is 0.318. The number of allylic oxidation sites excluding steroid dienone is 1. The number of nitrogens with one attached hydrogen (secondary N) is 1. The van der Waals surface area contributed by atoms with E-state index >= 15 is 0 Å². The number of ether oxygens (including phenoxy) is 2. The zero-order chi connectivity index (χ0) is 25.0. The molecule has 3 aromatic rings. The van der Waals surface area contributed by atoms with Gasteiger partial charge in [-0.25, -0.2) is 9.59 Å². The Kier molecular flexibility index (Phi) is 8.28. The van der Waals surface area contributed by atoms with Crippen molar-refractivity contribution in [1.29, 1.82) is 0 Å². The molecule has 0 saturated carbocycles. The van der Waals surface area contributed by atoms with Crippen molar-refractivity contribution in [1.82, 2.24) is 14.8 Å². The number of carbonyl (C=O) groups excluding carboxylic acids is 3. The first kappa shape index (κ1) is 25.7. The Morgan fingerprint density at radius 2 is 1.85 bits per heavy atom. The van der Waals surface area contributed by atoms with Crippen LogP contribution >= 0.6 is 34.4 Å². The highest BCUT2D eigenvalue weighted by Crippen LogP contribution is 2.35. The summed E-state index contributed by atoms with van der Waals surface area (Å²) in [5.41, 5.74) is 2.66. The first-order valence-electron chi connectivity index (χ1n) is 10.0. The number of amides is 1. The highest BCUT2D eigenvalue weighted by Gasteiger charge is 2.27. The van der Waals surface area contributed by atoms with Gasteiger partial charge >= 0.3 is 11.9 Å². The van der Waals surface area contributed by atoms with E-state index in [2.05, 4.69) is 29.0 Å². The Bertz CT molecular complexity index is 1260. The average molecular weight is 521 g/mol. The summed E-state index contributed by atoms with van der Waals surface area (Å²) in [7, 11) is 2.49. The summed E-state index contributed by atoms with van der Waals surface area (Å²) in [6.07, 6.45) is 1.75. The van der Waals surface area contributed by atoms with Gasteiger partial charge < -0.3 is 14.8 Å². The van der Waals surface area contributed by atoms with E-state index in [-0.39, 0.29) is 27.1 Å². The van der Waals surface area contributed by atoms with Gasteiger partial charge in [0.05, 0.1) is 25.5 Å². The van der Waals surface area contributed by atoms with Crippen molar-refractivity contribution in [2.24, 2.45) is 0 Å². The molecule has 0 aliphatic rings. The van der Waals surface area contributed by atoms with E-state index in [1.807, 2.05) is 16.9 Å². The Hall–Kier alpha value is -2.96. The third-order valence-corrected chi connectivity index (χ3v) is 8.21. The van der Waals surface area contributed by atoms with Crippen molar-refractivity contribution in [3.05, 3.63) is 44.5 Å². The maximum Gasteiger partial charge on any atom is 0.348 e. The predicted octanol–water partition coefficient (Wildman–Crippen LogP) is 4.48. The Labute approximate surface area is 209 Å². The molecular formula is C22H24N4O5S3. The standard InChI is InChI=1S/C22H24N4O5S3/c1-7-8-26-18(14-9-32-13(4)11(14)2)24-25-22(26)33-10-15(27)23-19-16(20(28)30-5)12(3)17(34-19)21(29)31-6/h7,9H,1,8,10H2,2-6H3,(H,23,27). The molecule has 0 saturated heterocycles. The number of aromatic nitrogens is 3. The molecule has 0 aliphatic carbocycles. The lowest BCUT2D eigenvalue weighted by Crippen LogP contribution is -2.16. The quantitative estimate of drug-likeness (QED) is 0.250. The smallest absolute Gasteiger partial charge is 0.348 e. The highest BCUT2D eigenvalue weighted by atomic mass is 32.2. The van der Waals surface area contributed by atoms with E-state index in [9.17, 15) is 14.4 Å². The second kappa shape index (κ2) is 11.0. The molecule has 0 radical (unpaired) electrons. The number of aryl methyl sites for hydroxylation is 1. The van der Waals surface area contributed by atoms with E-state index in [0.717, 1.165) is 22.5 Å². The SMILES string of the molecule is C=CCn1c(SCC(=O)Nc2sc(C(=O)OC)c(C)c2C(=O)OC)nnc1-c1csc(C)c1C. The third-order valence-electron chi connectivity index (χ3n) is 5.05. The number of thioether (sulfide) groups is 1. The summed E-state index contributed by atoms with van der Waals surface area (Å²) in [5, 5.41) is 14.2. The number of nitrogens with zero attached hydrogens (tertiary/aromatic N) is 3. The molecule has 3 aromatic heterocycles. The predicted molar refractivity (Wildman–Crippen MR) is 134 cm³/mol. The van der Waals surface area contributed by atoms with E-state index < -0.39 is 11.9 Å². The molecule has 0 fully saturated rings. The van der Waals surface area contributed by atoms with E-state index in [1.54, 1.807) is 24.3 Å². The molecule has 0 bridgehead atoms. The lowest BCUT2D eigenvalue weighted by Gasteiger charge is -2.08. The number of hydrogen-bond donors (Lipinski definition) is 1. The van der Waals surface area contributed by atoms with Crippen LogP contribution in [0, 0.1) is 20.8 Å². The molecule has 0 atom stereocenters. The minimum atomic E-state index is -0.649. The Morgan fingerprint density at radius 1 is 1.15 bits per heavy atom. The van der Waals surface area contributed by atoms with Crippen LogP contribution < -0.4 is 5.32 Å². The Morgan fingerprint density at radius 3 is 2.44 bits per heavy atom. The van der Waals surface area contributed by atoms with Gasteiger partial charge in [-0.05, 0) is 31.9 Å². The lowest BCUT2D eigenvalue weighted by atomic mass is 10.1. The number of thiophene rings is 2. The second-order valence-electron chi connectivity index (χ2n) is 7.12. The maximum atomic E-state index is 12.7. The van der Waals surface area contributed by atoms with E-state index in [4.69, 9.17) is 9.47 Å². The molecule has 3 rings (SSSR count). The molecule has 0 aromatic carbocycles. The average Bonchev–Trinajstić information content (AvgIpc) is 3.47. The van der Waals surface area contributed by atoms with Crippen molar-refractivity contribution < 1.29 is 23.9 Å². The fourth-order valence-corrected chi connectivity index (χ4v) is 5.89. The van der Waals surface area contributed by atoms with Crippen LogP contribution in [0.2, 0.25) is 0 Å². The zero-order valence-electron chi connectivity index (χ0n) is 19.4. The summed E-state index contributed by atoms with van der Waals surface area (Å²) in [6, 6.07) is 0. The number of hydrogen-bond acceptors (Lipinski definition) is 10. The van der Waals surface area contributed by atoms with E-state index in [1.165, 1.54) is 30.9 Å². The van der Waals surface area contributed by atoms with Gasteiger partial charge in [0, 0.05) is 22.4 Å². The molecule has 3 heterocycles. The molecule has 9 nitrogen and oxygen atoms in total. The summed E-state index contributed by atoms with van der Waals surface area (Å²) < 4.78 is 11.5. The van der Waals surface area contributed by atoms with Gasteiger partial charge in [-0.15, -0.1) is 39.4 Å². The summed E-state index contributed by atoms with van der Waals surface area (Å²) in [5.74, 6) is -0.878.